The van der Waals surface area contributed by atoms with E-state index in [9.17, 15) is 0 Å². The van der Waals surface area contributed by atoms with Crippen molar-refractivity contribution in [2.45, 2.75) is 38.1 Å². The van der Waals surface area contributed by atoms with E-state index in [4.69, 9.17) is 5.73 Å². The highest BCUT2D eigenvalue weighted by Crippen LogP contribution is 2.33. The van der Waals surface area contributed by atoms with Crippen molar-refractivity contribution in [3.63, 3.8) is 0 Å². The summed E-state index contributed by atoms with van der Waals surface area (Å²) in [5.74, 6) is 0.660. The highest BCUT2D eigenvalue weighted by molar-refractivity contribution is 9.10. The third kappa shape index (κ3) is 2.79. The van der Waals surface area contributed by atoms with Crippen LogP contribution in [-0.2, 0) is 0 Å². The minimum Gasteiger partial charge on any atom is -0.324 e. The topological polar surface area (TPSA) is 38.9 Å². The van der Waals surface area contributed by atoms with E-state index in [1.165, 1.54) is 37.7 Å². The molecule has 0 aliphatic heterocycles. The van der Waals surface area contributed by atoms with Crippen molar-refractivity contribution >= 4 is 15.9 Å². The van der Waals surface area contributed by atoms with Gasteiger partial charge in [0, 0.05) is 12.2 Å². The number of aromatic nitrogens is 1. The molecule has 2 rings (SSSR count). The predicted molar refractivity (Wildman–Crippen MR) is 65.4 cm³/mol. The Labute approximate surface area is 99.4 Å². The molecular formula is C12H17BrN2. The zero-order valence-corrected chi connectivity index (χ0v) is 10.4. The lowest BCUT2D eigenvalue weighted by Crippen LogP contribution is -2.23. The summed E-state index contributed by atoms with van der Waals surface area (Å²) in [6.45, 7) is 0. The van der Waals surface area contributed by atoms with Crippen LogP contribution in [0.3, 0.4) is 0 Å². The highest BCUT2D eigenvalue weighted by Gasteiger charge is 2.21. The number of rotatable bonds is 2. The first-order valence-corrected chi connectivity index (χ1v) is 6.43. The van der Waals surface area contributed by atoms with E-state index < -0.39 is 0 Å². The third-order valence-electron chi connectivity index (χ3n) is 3.29. The summed E-state index contributed by atoms with van der Waals surface area (Å²) in [6.07, 6.45) is 8.43. The Morgan fingerprint density at radius 1 is 1.33 bits per heavy atom. The molecule has 0 aromatic carbocycles. The first kappa shape index (κ1) is 11.1. The largest absolute Gasteiger partial charge is 0.324 e. The van der Waals surface area contributed by atoms with Gasteiger partial charge >= 0.3 is 0 Å². The molecule has 1 aromatic heterocycles. The van der Waals surface area contributed by atoms with E-state index in [0.29, 0.717) is 5.92 Å². The first-order valence-electron chi connectivity index (χ1n) is 5.64. The molecule has 0 saturated heterocycles. The summed E-state index contributed by atoms with van der Waals surface area (Å²) in [7, 11) is 0. The van der Waals surface area contributed by atoms with Crippen LogP contribution in [0.1, 0.15) is 43.7 Å². The molecule has 3 heteroatoms. The smallest absolute Gasteiger partial charge is 0.106 e. The fraction of sp³-hybridized carbons (Fsp3) is 0.583. The first-order chi connectivity index (χ1) is 7.27. The summed E-state index contributed by atoms with van der Waals surface area (Å²) >= 11 is 3.39. The van der Waals surface area contributed by atoms with Crippen LogP contribution in [0.5, 0.6) is 0 Å². The average Bonchev–Trinajstić information content (AvgIpc) is 2.29. The molecule has 1 aliphatic rings. The second-order valence-electron chi connectivity index (χ2n) is 4.34. The van der Waals surface area contributed by atoms with Crippen molar-refractivity contribution < 1.29 is 0 Å². The molecule has 1 aromatic rings. The fourth-order valence-electron chi connectivity index (χ4n) is 2.39. The van der Waals surface area contributed by atoms with Crippen molar-refractivity contribution in [3.05, 3.63) is 28.5 Å². The van der Waals surface area contributed by atoms with Gasteiger partial charge in [0.1, 0.15) is 4.60 Å². The second kappa shape index (κ2) is 5.08. The normalized spacial score (nSPS) is 20.1. The summed E-state index contributed by atoms with van der Waals surface area (Å²) in [5, 5.41) is 0. The maximum absolute atomic E-state index is 6.29. The summed E-state index contributed by atoms with van der Waals surface area (Å²) in [5.41, 5.74) is 7.50. The van der Waals surface area contributed by atoms with Gasteiger partial charge in [-0.1, -0.05) is 19.3 Å². The van der Waals surface area contributed by atoms with E-state index in [-0.39, 0.29) is 6.04 Å². The molecule has 82 valence electrons. The summed E-state index contributed by atoms with van der Waals surface area (Å²) < 4.78 is 0.881. The minimum atomic E-state index is 0.185. The minimum absolute atomic E-state index is 0.185. The van der Waals surface area contributed by atoms with Crippen molar-refractivity contribution in [3.8, 4) is 0 Å². The van der Waals surface area contributed by atoms with Crippen LogP contribution in [0, 0.1) is 5.92 Å². The lowest BCUT2D eigenvalue weighted by molar-refractivity contribution is 0.308. The Balaban J connectivity index is 2.08. The Hall–Kier alpha value is -0.410. The number of hydrogen-bond donors (Lipinski definition) is 1. The molecule has 0 radical (unpaired) electrons. The molecule has 15 heavy (non-hydrogen) atoms. The van der Waals surface area contributed by atoms with Crippen LogP contribution in [-0.4, -0.2) is 4.98 Å². The zero-order chi connectivity index (χ0) is 10.7. The molecule has 2 nitrogen and oxygen atoms in total. The van der Waals surface area contributed by atoms with Gasteiger partial charge in [-0.25, -0.2) is 4.98 Å². The van der Waals surface area contributed by atoms with Gasteiger partial charge in [0.15, 0.2) is 0 Å². The van der Waals surface area contributed by atoms with Gasteiger partial charge < -0.3 is 5.73 Å². The standard InChI is InChI=1S/C12H17BrN2/c13-11-8-10(6-7-15-11)12(14)9-4-2-1-3-5-9/h6-9,12H,1-5,14H2/t12-/m0/s1. The van der Waals surface area contributed by atoms with Gasteiger partial charge in [0.2, 0.25) is 0 Å². The Kier molecular flexibility index (Phi) is 3.76. The molecule has 0 bridgehead atoms. The van der Waals surface area contributed by atoms with Crippen molar-refractivity contribution in [2.24, 2.45) is 11.7 Å². The zero-order valence-electron chi connectivity index (χ0n) is 8.82. The maximum atomic E-state index is 6.29. The van der Waals surface area contributed by atoms with Gasteiger partial charge in [0.25, 0.3) is 0 Å². The van der Waals surface area contributed by atoms with E-state index in [0.717, 1.165) is 4.60 Å². The predicted octanol–water partition coefficient (Wildman–Crippen LogP) is 3.42. The van der Waals surface area contributed by atoms with Crippen molar-refractivity contribution in [1.29, 1.82) is 0 Å². The van der Waals surface area contributed by atoms with E-state index in [1.807, 2.05) is 18.3 Å². The number of halogens is 1. The van der Waals surface area contributed by atoms with Crippen LogP contribution in [0.4, 0.5) is 0 Å². The van der Waals surface area contributed by atoms with Crippen molar-refractivity contribution in [2.75, 3.05) is 0 Å². The molecule has 1 heterocycles. The van der Waals surface area contributed by atoms with Crippen LogP contribution in [0.2, 0.25) is 0 Å². The van der Waals surface area contributed by atoms with Crippen molar-refractivity contribution in [1.82, 2.24) is 4.98 Å². The molecule has 1 atom stereocenters. The fourth-order valence-corrected chi connectivity index (χ4v) is 2.77. The van der Waals surface area contributed by atoms with Crippen LogP contribution < -0.4 is 5.73 Å². The summed E-state index contributed by atoms with van der Waals surface area (Å²) in [6, 6.07) is 4.26. The Morgan fingerprint density at radius 3 is 2.73 bits per heavy atom. The van der Waals surface area contributed by atoms with E-state index in [2.05, 4.69) is 20.9 Å². The molecule has 0 spiro atoms. The van der Waals surface area contributed by atoms with Gasteiger partial charge in [-0.2, -0.15) is 0 Å². The Morgan fingerprint density at radius 2 is 2.07 bits per heavy atom. The third-order valence-corrected chi connectivity index (χ3v) is 3.73. The Bertz CT molecular complexity index is 321. The SMILES string of the molecule is N[C@H](c1ccnc(Br)c1)C1CCCCC1. The van der Waals surface area contributed by atoms with Gasteiger partial charge in [-0.15, -0.1) is 0 Å². The second-order valence-corrected chi connectivity index (χ2v) is 5.15. The van der Waals surface area contributed by atoms with Crippen LogP contribution in [0.25, 0.3) is 0 Å². The molecule has 1 fully saturated rings. The maximum Gasteiger partial charge on any atom is 0.106 e. The molecule has 1 saturated carbocycles. The van der Waals surface area contributed by atoms with Gasteiger partial charge in [-0.05, 0) is 52.4 Å². The van der Waals surface area contributed by atoms with E-state index in [1.54, 1.807) is 0 Å². The number of hydrogen-bond acceptors (Lipinski definition) is 2. The quantitative estimate of drug-likeness (QED) is 0.835. The van der Waals surface area contributed by atoms with Gasteiger partial charge in [0.05, 0.1) is 0 Å². The molecule has 0 unspecified atom stereocenters. The molecular weight excluding hydrogens is 252 g/mol. The number of pyridine rings is 1. The molecule has 0 amide bonds. The van der Waals surface area contributed by atoms with Crippen LogP contribution >= 0.6 is 15.9 Å². The van der Waals surface area contributed by atoms with Gasteiger partial charge in [-0.3, -0.25) is 0 Å². The highest BCUT2D eigenvalue weighted by atomic mass is 79.9. The lowest BCUT2D eigenvalue weighted by Gasteiger charge is -2.27. The molecule has 1 aliphatic carbocycles. The van der Waals surface area contributed by atoms with Crippen LogP contribution in [0.15, 0.2) is 22.9 Å². The number of nitrogens with zero attached hydrogens (tertiary/aromatic N) is 1. The lowest BCUT2D eigenvalue weighted by atomic mass is 9.82. The monoisotopic (exact) mass is 268 g/mol. The summed E-state index contributed by atoms with van der Waals surface area (Å²) in [4.78, 5) is 4.13. The number of nitrogens with two attached hydrogens (primary N) is 1. The average molecular weight is 269 g/mol. The van der Waals surface area contributed by atoms with E-state index >= 15 is 0 Å². The molecule has 2 N–H and O–H groups in total.